The molecule has 0 aliphatic carbocycles. The van der Waals surface area contributed by atoms with Crippen LogP contribution in [0.25, 0.3) is 0 Å². The Morgan fingerprint density at radius 1 is 1.36 bits per heavy atom. The summed E-state index contributed by atoms with van der Waals surface area (Å²) in [6.07, 6.45) is 7.31. The smallest absolute Gasteiger partial charge is 0.112 e. The van der Waals surface area contributed by atoms with Crippen LogP contribution in [0.2, 0.25) is 0 Å². The number of nitrogens with zero attached hydrogens (tertiary/aromatic N) is 1. The standard InChI is InChI=1S/C9H11NO/c1-2-6-10(5-1)8-9-4-3-7-11-9/h1-2,4-6H,3,7-8H2. The minimum absolute atomic E-state index is 0.858. The Morgan fingerprint density at radius 3 is 2.82 bits per heavy atom. The summed E-state index contributed by atoms with van der Waals surface area (Å²) in [4.78, 5) is 0. The maximum absolute atomic E-state index is 5.37. The summed E-state index contributed by atoms with van der Waals surface area (Å²) < 4.78 is 7.47. The molecule has 58 valence electrons. The Morgan fingerprint density at radius 2 is 2.18 bits per heavy atom. The molecule has 2 heterocycles. The Bertz CT molecular complexity index is 249. The molecule has 0 fully saturated rings. The molecule has 11 heavy (non-hydrogen) atoms. The molecule has 0 aromatic carbocycles. The van der Waals surface area contributed by atoms with Crippen molar-refractivity contribution >= 4 is 0 Å². The first-order valence-electron chi connectivity index (χ1n) is 3.88. The molecule has 0 saturated heterocycles. The van der Waals surface area contributed by atoms with Crippen LogP contribution in [0.15, 0.2) is 36.4 Å². The van der Waals surface area contributed by atoms with E-state index in [2.05, 4.69) is 10.6 Å². The van der Waals surface area contributed by atoms with Gasteiger partial charge in [-0.15, -0.1) is 0 Å². The van der Waals surface area contributed by atoms with Gasteiger partial charge >= 0.3 is 0 Å². The summed E-state index contributed by atoms with van der Waals surface area (Å²) in [6.45, 7) is 1.74. The molecule has 0 bridgehead atoms. The first kappa shape index (κ1) is 6.53. The lowest BCUT2D eigenvalue weighted by Gasteiger charge is -2.03. The maximum atomic E-state index is 5.37. The average Bonchev–Trinajstić information content (AvgIpc) is 2.60. The summed E-state index contributed by atoms with van der Waals surface area (Å²) in [5.74, 6) is 1.10. The van der Waals surface area contributed by atoms with Crippen molar-refractivity contribution in [1.82, 2.24) is 4.57 Å². The van der Waals surface area contributed by atoms with Crippen LogP contribution >= 0.6 is 0 Å². The van der Waals surface area contributed by atoms with Gasteiger partial charge in [-0.3, -0.25) is 0 Å². The Balaban J connectivity index is 2.00. The lowest BCUT2D eigenvalue weighted by Crippen LogP contribution is -1.97. The second kappa shape index (κ2) is 2.82. The van der Waals surface area contributed by atoms with Crippen LogP contribution in [0.3, 0.4) is 0 Å². The zero-order valence-corrected chi connectivity index (χ0v) is 6.36. The van der Waals surface area contributed by atoms with Crippen molar-refractivity contribution < 1.29 is 4.74 Å². The molecule has 1 aromatic heterocycles. The lowest BCUT2D eigenvalue weighted by molar-refractivity contribution is 0.229. The summed E-state index contributed by atoms with van der Waals surface area (Å²) in [7, 11) is 0. The van der Waals surface area contributed by atoms with Gasteiger partial charge in [-0.1, -0.05) is 0 Å². The monoisotopic (exact) mass is 149 g/mol. The Hall–Kier alpha value is -1.18. The molecule has 1 aliphatic rings. The van der Waals surface area contributed by atoms with Crippen LogP contribution in [0.4, 0.5) is 0 Å². The third-order valence-electron chi connectivity index (χ3n) is 1.78. The van der Waals surface area contributed by atoms with Gasteiger partial charge in [0.2, 0.25) is 0 Å². The van der Waals surface area contributed by atoms with Gasteiger partial charge in [-0.25, -0.2) is 0 Å². The zero-order chi connectivity index (χ0) is 7.52. The number of aromatic nitrogens is 1. The molecule has 2 rings (SSSR count). The van der Waals surface area contributed by atoms with Crippen LogP contribution in [0.5, 0.6) is 0 Å². The molecule has 2 heteroatoms. The van der Waals surface area contributed by atoms with Crippen LogP contribution in [-0.4, -0.2) is 11.2 Å². The molecule has 0 atom stereocenters. The van der Waals surface area contributed by atoms with E-state index in [0.29, 0.717) is 0 Å². The minimum atomic E-state index is 0.858. The zero-order valence-electron chi connectivity index (χ0n) is 6.36. The predicted molar refractivity (Wildman–Crippen MR) is 43.1 cm³/mol. The second-order valence-corrected chi connectivity index (χ2v) is 2.66. The van der Waals surface area contributed by atoms with Gasteiger partial charge in [-0.2, -0.15) is 0 Å². The van der Waals surface area contributed by atoms with Crippen LogP contribution < -0.4 is 0 Å². The average molecular weight is 149 g/mol. The van der Waals surface area contributed by atoms with E-state index in [1.807, 2.05) is 24.5 Å². The van der Waals surface area contributed by atoms with E-state index in [1.165, 1.54) is 0 Å². The number of hydrogen-bond donors (Lipinski definition) is 0. The van der Waals surface area contributed by atoms with Gasteiger partial charge in [-0.05, 0) is 18.2 Å². The van der Waals surface area contributed by atoms with Crippen molar-refractivity contribution in [2.75, 3.05) is 6.61 Å². The van der Waals surface area contributed by atoms with Crippen LogP contribution in [0, 0.1) is 0 Å². The molecule has 0 unspecified atom stereocenters. The van der Waals surface area contributed by atoms with E-state index in [0.717, 1.165) is 25.3 Å². The van der Waals surface area contributed by atoms with E-state index in [1.54, 1.807) is 0 Å². The van der Waals surface area contributed by atoms with Gasteiger partial charge < -0.3 is 9.30 Å². The fourth-order valence-electron chi connectivity index (χ4n) is 1.23. The fourth-order valence-corrected chi connectivity index (χ4v) is 1.23. The largest absolute Gasteiger partial charge is 0.496 e. The van der Waals surface area contributed by atoms with Crippen LogP contribution in [-0.2, 0) is 11.3 Å². The van der Waals surface area contributed by atoms with Gasteiger partial charge in [0.25, 0.3) is 0 Å². The van der Waals surface area contributed by atoms with Crippen molar-refractivity contribution in [1.29, 1.82) is 0 Å². The number of allylic oxidation sites excluding steroid dienone is 1. The molecular weight excluding hydrogens is 138 g/mol. The van der Waals surface area contributed by atoms with Crippen molar-refractivity contribution in [2.45, 2.75) is 13.0 Å². The SMILES string of the molecule is C1=C(Cn2cccc2)OCC1. The molecular formula is C9H11NO. The molecule has 0 amide bonds. The van der Waals surface area contributed by atoms with Crippen molar-refractivity contribution in [3.05, 3.63) is 36.4 Å². The molecule has 0 spiro atoms. The molecule has 1 aromatic rings. The van der Waals surface area contributed by atoms with E-state index in [9.17, 15) is 0 Å². The van der Waals surface area contributed by atoms with E-state index in [4.69, 9.17) is 4.74 Å². The van der Waals surface area contributed by atoms with Crippen molar-refractivity contribution in [2.24, 2.45) is 0 Å². The Kier molecular flexibility index (Phi) is 1.68. The normalized spacial score (nSPS) is 16.2. The molecule has 0 N–H and O–H groups in total. The van der Waals surface area contributed by atoms with Gasteiger partial charge in [0.05, 0.1) is 13.2 Å². The maximum Gasteiger partial charge on any atom is 0.112 e. The number of hydrogen-bond acceptors (Lipinski definition) is 1. The third-order valence-corrected chi connectivity index (χ3v) is 1.78. The van der Waals surface area contributed by atoms with Crippen molar-refractivity contribution in [3.8, 4) is 0 Å². The number of rotatable bonds is 2. The third kappa shape index (κ3) is 1.45. The fraction of sp³-hybridized carbons (Fsp3) is 0.333. The predicted octanol–water partition coefficient (Wildman–Crippen LogP) is 1.79. The summed E-state index contributed by atoms with van der Waals surface area (Å²) >= 11 is 0. The van der Waals surface area contributed by atoms with Gasteiger partial charge in [0, 0.05) is 18.8 Å². The lowest BCUT2D eigenvalue weighted by atomic mass is 10.4. The van der Waals surface area contributed by atoms with Gasteiger partial charge in [0.1, 0.15) is 5.76 Å². The first-order valence-corrected chi connectivity index (χ1v) is 3.88. The van der Waals surface area contributed by atoms with E-state index < -0.39 is 0 Å². The molecule has 1 aliphatic heterocycles. The second-order valence-electron chi connectivity index (χ2n) is 2.66. The highest BCUT2D eigenvalue weighted by Gasteiger charge is 2.04. The highest BCUT2D eigenvalue weighted by Crippen LogP contribution is 2.10. The van der Waals surface area contributed by atoms with E-state index >= 15 is 0 Å². The minimum Gasteiger partial charge on any atom is -0.496 e. The molecule has 2 nitrogen and oxygen atoms in total. The highest BCUT2D eigenvalue weighted by molar-refractivity contribution is 5.01. The summed E-state index contributed by atoms with van der Waals surface area (Å²) in [5.41, 5.74) is 0. The Labute approximate surface area is 66.1 Å². The summed E-state index contributed by atoms with van der Waals surface area (Å²) in [5, 5.41) is 0. The van der Waals surface area contributed by atoms with E-state index in [-0.39, 0.29) is 0 Å². The highest BCUT2D eigenvalue weighted by atomic mass is 16.5. The van der Waals surface area contributed by atoms with Crippen molar-refractivity contribution in [3.63, 3.8) is 0 Å². The molecule has 0 saturated carbocycles. The summed E-state index contributed by atoms with van der Waals surface area (Å²) in [6, 6.07) is 4.05. The van der Waals surface area contributed by atoms with Crippen LogP contribution in [0.1, 0.15) is 6.42 Å². The van der Waals surface area contributed by atoms with Gasteiger partial charge in [0.15, 0.2) is 0 Å². The topological polar surface area (TPSA) is 14.2 Å². The molecule has 0 radical (unpaired) electrons. The first-order chi connectivity index (χ1) is 5.45. The number of ether oxygens (including phenoxy) is 1. The quantitative estimate of drug-likeness (QED) is 0.625.